The van der Waals surface area contributed by atoms with Crippen molar-refractivity contribution in [3.05, 3.63) is 29.3 Å². The van der Waals surface area contributed by atoms with E-state index >= 15 is 0 Å². The van der Waals surface area contributed by atoms with Crippen LogP contribution in [0.5, 0.6) is 5.75 Å². The van der Waals surface area contributed by atoms with Gasteiger partial charge in [0.2, 0.25) is 6.41 Å². The van der Waals surface area contributed by atoms with Crippen LogP contribution in [0.3, 0.4) is 0 Å². The van der Waals surface area contributed by atoms with Gasteiger partial charge in [0, 0.05) is 5.54 Å². The molecule has 3 heteroatoms. The predicted octanol–water partition coefficient (Wildman–Crippen LogP) is 2.99. The molecule has 0 saturated carbocycles. The first kappa shape index (κ1) is 14.6. The number of rotatable bonds is 7. The van der Waals surface area contributed by atoms with Crippen LogP contribution in [0, 0.1) is 13.8 Å². The highest BCUT2D eigenvalue weighted by Crippen LogP contribution is 2.20. The molecule has 1 aromatic rings. The molecule has 0 aliphatic rings. The largest absolute Gasteiger partial charge is 0.493 e. The van der Waals surface area contributed by atoms with E-state index in [1.807, 2.05) is 20.8 Å². The third-order valence-corrected chi connectivity index (χ3v) is 3.00. The molecule has 1 amide bonds. The fraction of sp³-hybridized carbons (Fsp3) is 0.533. The number of aryl methyl sites for hydroxylation is 2. The monoisotopic (exact) mass is 249 g/mol. The van der Waals surface area contributed by atoms with Gasteiger partial charge in [-0.2, -0.15) is 0 Å². The number of ether oxygens (including phenoxy) is 1. The van der Waals surface area contributed by atoms with Crippen LogP contribution in [0.25, 0.3) is 0 Å². The molecule has 1 N–H and O–H groups in total. The smallest absolute Gasteiger partial charge is 0.207 e. The normalized spacial score (nSPS) is 11.1. The lowest BCUT2D eigenvalue weighted by Gasteiger charge is -2.23. The molecule has 18 heavy (non-hydrogen) atoms. The second-order valence-electron chi connectivity index (χ2n) is 5.37. The maximum Gasteiger partial charge on any atom is 0.207 e. The molecule has 0 atom stereocenters. The lowest BCUT2D eigenvalue weighted by atomic mass is 9.99. The molecule has 0 bridgehead atoms. The molecule has 0 aliphatic carbocycles. The van der Waals surface area contributed by atoms with E-state index in [2.05, 4.69) is 30.4 Å². The van der Waals surface area contributed by atoms with Gasteiger partial charge in [0.25, 0.3) is 0 Å². The molecular weight excluding hydrogens is 226 g/mol. The van der Waals surface area contributed by atoms with Gasteiger partial charge in [-0.15, -0.1) is 0 Å². The topological polar surface area (TPSA) is 38.3 Å². The summed E-state index contributed by atoms with van der Waals surface area (Å²) in [5, 5.41) is 2.80. The van der Waals surface area contributed by atoms with Crippen molar-refractivity contribution in [1.82, 2.24) is 5.32 Å². The Morgan fingerprint density at radius 2 is 2.06 bits per heavy atom. The number of nitrogens with one attached hydrogen (secondary N) is 1. The van der Waals surface area contributed by atoms with Crippen molar-refractivity contribution in [2.75, 3.05) is 6.61 Å². The maximum absolute atomic E-state index is 10.4. The summed E-state index contributed by atoms with van der Waals surface area (Å²) >= 11 is 0. The highest BCUT2D eigenvalue weighted by molar-refractivity contribution is 5.47. The van der Waals surface area contributed by atoms with Crippen LogP contribution in [0.1, 0.15) is 37.8 Å². The van der Waals surface area contributed by atoms with Gasteiger partial charge >= 0.3 is 0 Å². The van der Waals surface area contributed by atoms with Crippen molar-refractivity contribution in [3.8, 4) is 5.75 Å². The van der Waals surface area contributed by atoms with Crippen molar-refractivity contribution in [2.45, 2.75) is 46.1 Å². The third-order valence-electron chi connectivity index (χ3n) is 3.00. The van der Waals surface area contributed by atoms with Crippen LogP contribution in [0.2, 0.25) is 0 Å². The van der Waals surface area contributed by atoms with Crippen molar-refractivity contribution in [1.29, 1.82) is 0 Å². The van der Waals surface area contributed by atoms with Crippen molar-refractivity contribution >= 4 is 6.41 Å². The predicted molar refractivity (Wildman–Crippen MR) is 73.9 cm³/mol. The summed E-state index contributed by atoms with van der Waals surface area (Å²) in [6.45, 7) is 8.81. The van der Waals surface area contributed by atoms with E-state index in [4.69, 9.17) is 4.74 Å². The molecule has 1 aromatic carbocycles. The van der Waals surface area contributed by atoms with Crippen LogP contribution in [0.15, 0.2) is 18.2 Å². The molecule has 0 fully saturated rings. The molecule has 0 heterocycles. The number of benzene rings is 1. The molecule has 0 spiro atoms. The number of carbonyl (C=O) groups is 1. The van der Waals surface area contributed by atoms with E-state index in [-0.39, 0.29) is 5.54 Å². The fourth-order valence-electron chi connectivity index (χ4n) is 1.79. The van der Waals surface area contributed by atoms with Gasteiger partial charge < -0.3 is 10.1 Å². The van der Waals surface area contributed by atoms with Gasteiger partial charge in [0.1, 0.15) is 5.75 Å². The summed E-state index contributed by atoms with van der Waals surface area (Å²) in [6, 6.07) is 6.21. The van der Waals surface area contributed by atoms with Gasteiger partial charge in [-0.25, -0.2) is 0 Å². The Labute approximate surface area is 110 Å². The summed E-state index contributed by atoms with van der Waals surface area (Å²) in [4.78, 5) is 10.4. The zero-order valence-corrected chi connectivity index (χ0v) is 11.7. The van der Waals surface area contributed by atoms with E-state index < -0.39 is 0 Å². The van der Waals surface area contributed by atoms with Crippen LogP contribution < -0.4 is 10.1 Å². The quantitative estimate of drug-likeness (QED) is 0.596. The average Bonchev–Trinajstić information content (AvgIpc) is 2.29. The molecule has 1 rings (SSSR count). The van der Waals surface area contributed by atoms with Crippen LogP contribution in [-0.2, 0) is 4.79 Å². The second-order valence-corrected chi connectivity index (χ2v) is 5.37. The van der Waals surface area contributed by atoms with Crippen LogP contribution in [0.4, 0.5) is 0 Å². The van der Waals surface area contributed by atoms with Gasteiger partial charge in [-0.1, -0.05) is 12.1 Å². The molecule has 100 valence electrons. The number of hydrogen-bond acceptors (Lipinski definition) is 2. The van der Waals surface area contributed by atoms with Crippen molar-refractivity contribution < 1.29 is 9.53 Å². The number of amides is 1. The fourth-order valence-corrected chi connectivity index (χ4v) is 1.79. The third kappa shape index (κ3) is 4.78. The maximum atomic E-state index is 10.4. The van der Waals surface area contributed by atoms with Crippen molar-refractivity contribution in [2.24, 2.45) is 0 Å². The minimum atomic E-state index is -0.160. The van der Waals surface area contributed by atoms with Crippen molar-refractivity contribution in [3.63, 3.8) is 0 Å². The SMILES string of the molecule is Cc1ccc(C)c(OCCCC(C)(C)NC=O)c1. The minimum Gasteiger partial charge on any atom is -0.493 e. The molecule has 0 radical (unpaired) electrons. The van der Waals surface area contributed by atoms with E-state index in [0.717, 1.165) is 30.6 Å². The zero-order valence-electron chi connectivity index (χ0n) is 11.7. The highest BCUT2D eigenvalue weighted by Gasteiger charge is 2.15. The average molecular weight is 249 g/mol. The lowest BCUT2D eigenvalue weighted by Crippen LogP contribution is -2.38. The molecule has 0 aromatic heterocycles. The molecule has 3 nitrogen and oxygen atoms in total. The van der Waals surface area contributed by atoms with Crippen LogP contribution in [-0.4, -0.2) is 18.6 Å². The highest BCUT2D eigenvalue weighted by atomic mass is 16.5. The Morgan fingerprint density at radius 1 is 1.33 bits per heavy atom. The molecule has 0 aliphatic heterocycles. The lowest BCUT2D eigenvalue weighted by molar-refractivity contribution is -0.111. The number of hydrogen-bond donors (Lipinski definition) is 1. The summed E-state index contributed by atoms with van der Waals surface area (Å²) in [5.41, 5.74) is 2.21. The molecule has 0 unspecified atom stereocenters. The second kappa shape index (κ2) is 6.43. The van der Waals surface area contributed by atoms with Crippen LogP contribution >= 0.6 is 0 Å². The summed E-state index contributed by atoms with van der Waals surface area (Å²) in [7, 11) is 0. The Balaban J connectivity index is 2.38. The summed E-state index contributed by atoms with van der Waals surface area (Å²) in [5.74, 6) is 0.955. The van der Waals surface area contributed by atoms with Gasteiger partial charge in [0.15, 0.2) is 0 Å². The molecule has 0 saturated heterocycles. The summed E-state index contributed by atoms with van der Waals surface area (Å²) in [6.07, 6.45) is 2.57. The zero-order chi connectivity index (χ0) is 13.6. The van der Waals surface area contributed by atoms with Gasteiger partial charge in [-0.05, 0) is 57.7 Å². The van der Waals surface area contributed by atoms with E-state index in [1.54, 1.807) is 0 Å². The Morgan fingerprint density at radius 3 is 2.72 bits per heavy atom. The van der Waals surface area contributed by atoms with E-state index in [9.17, 15) is 4.79 Å². The standard InChI is InChI=1S/C15H23NO2/c1-12-6-7-13(2)14(10-12)18-9-5-8-15(3,4)16-11-17/h6-7,10-11H,5,8-9H2,1-4H3,(H,16,17). The first-order chi connectivity index (χ1) is 8.44. The first-order valence-electron chi connectivity index (χ1n) is 6.36. The summed E-state index contributed by atoms with van der Waals surface area (Å²) < 4.78 is 5.78. The minimum absolute atomic E-state index is 0.160. The number of carbonyl (C=O) groups excluding carboxylic acids is 1. The Kier molecular flexibility index (Phi) is 5.20. The first-order valence-corrected chi connectivity index (χ1v) is 6.36. The Bertz CT molecular complexity index is 399. The van der Waals surface area contributed by atoms with E-state index in [1.165, 1.54) is 5.56 Å². The Hall–Kier alpha value is -1.51. The van der Waals surface area contributed by atoms with Gasteiger partial charge in [0.05, 0.1) is 6.61 Å². The van der Waals surface area contributed by atoms with Gasteiger partial charge in [-0.3, -0.25) is 4.79 Å². The molecular formula is C15H23NO2. The van der Waals surface area contributed by atoms with E-state index in [0.29, 0.717) is 6.61 Å².